The number of rotatable bonds is 7. The Morgan fingerprint density at radius 2 is 2.05 bits per heavy atom. The molecule has 19 heavy (non-hydrogen) atoms. The summed E-state index contributed by atoms with van der Waals surface area (Å²) >= 11 is 0. The molecule has 0 aromatic heterocycles. The van der Waals surface area contributed by atoms with Crippen molar-refractivity contribution in [2.24, 2.45) is 5.73 Å². The van der Waals surface area contributed by atoms with Gasteiger partial charge in [-0.15, -0.1) is 0 Å². The van der Waals surface area contributed by atoms with Gasteiger partial charge in [0, 0.05) is 18.7 Å². The van der Waals surface area contributed by atoms with Crippen LogP contribution in [0.3, 0.4) is 0 Å². The van der Waals surface area contributed by atoms with Gasteiger partial charge in [0.15, 0.2) is 11.5 Å². The molecule has 0 saturated carbocycles. The Hall–Kier alpha value is -1.26. The summed E-state index contributed by atoms with van der Waals surface area (Å²) in [6, 6.07) is 5.84. The number of benzene rings is 1. The normalized spacial score (nSPS) is 15.7. The maximum atomic E-state index is 5.88. The van der Waals surface area contributed by atoms with Crippen LogP contribution in [0.1, 0.15) is 24.8 Å². The predicted octanol–water partition coefficient (Wildman–Crippen LogP) is 2.02. The van der Waals surface area contributed by atoms with E-state index in [9.17, 15) is 0 Å². The fourth-order valence-electron chi connectivity index (χ4n) is 2.52. The molecule has 1 aromatic rings. The summed E-state index contributed by atoms with van der Waals surface area (Å²) in [4.78, 5) is 2.50. The summed E-state index contributed by atoms with van der Waals surface area (Å²) in [7, 11) is 1.66. The van der Waals surface area contributed by atoms with Gasteiger partial charge in [-0.3, -0.25) is 0 Å². The lowest BCUT2D eigenvalue weighted by Crippen LogP contribution is -2.22. The average molecular weight is 264 g/mol. The van der Waals surface area contributed by atoms with E-state index in [1.807, 2.05) is 18.2 Å². The number of hydrogen-bond acceptors (Lipinski definition) is 4. The van der Waals surface area contributed by atoms with Gasteiger partial charge < -0.3 is 20.1 Å². The first-order valence-corrected chi connectivity index (χ1v) is 7.06. The molecule has 0 radical (unpaired) electrons. The van der Waals surface area contributed by atoms with Crippen molar-refractivity contribution in [2.75, 3.05) is 33.4 Å². The number of ether oxygens (including phenoxy) is 2. The third-order valence-electron chi connectivity index (χ3n) is 3.56. The first kappa shape index (κ1) is 14.2. The molecule has 0 amide bonds. The van der Waals surface area contributed by atoms with Crippen LogP contribution in [0.4, 0.5) is 0 Å². The maximum Gasteiger partial charge on any atom is 0.165 e. The molecule has 0 bridgehead atoms. The number of nitrogens with zero attached hydrogens (tertiary/aromatic N) is 1. The van der Waals surface area contributed by atoms with Crippen LogP contribution < -0.4 is 15.2 Å². The van der Waals surface area contributed by atoms with Crippen LogP contribution in [-0.4, -0.2) is 38.3 Å². The van der Waals surface area contributed by atoms with Crippen LogP contribution in [-0.2, 0) is 6.54 Å². The van der Waals surface area contributed by atoms with Gasteiger partial charge >= 0.3 is 0 Å². The summed E-state index contributed by atoms with van der Waals surface area (Å²) in [5.74, 6) is 1.57. The van der Waals surface area contributed by atoms with Crippen molar-refractivity contribution in [1.82, 2.24) is 4.90 Å². The largest absolute Gasteiger partial charge is 0.493 e. The van der Waals surface area contributed by atoms with Crippen molar-refractivity contribution in [3.05, 3.63) is 23.8 Å². The minimum absolute atomic E-state index is 0.471. The molecule has 0 unspecified atom stereocenters. The van der Waals surface area contributed by atoms with Crippen LogP contribution in [0.15, 0.2) is 18.2 Å². The number of hydrogen-bond donors (Lipinski definition) is 1. The summed E-state index contributed by atoms with van der Waals surface area (Å²) in [5, 5.41) is 0. The van der Waals surface area contributed by atoms with E-state index in [1.54, 1.807) is 7.11 Å². The molecule has 4 heteroatoms. The second-order valence-corrected chi connectivity index (χ2v) is 4.90. The van der Waals surface area contributed by atoms with Gasteiger partial charge in [-0.1, -0.05) is 12.1 Å². The molecule has 1 aromatic carbocycles. The highest BCUT2D eigenvalue weighted by Crippen LogP contribution is 2.30. The van der Waals surface area contributed by atoms with Crippen LogP contribution in [0, 0.1) is 0 Å². The van der Waals surface area contributed by atoms with Crippen molar-refractivity contribution < 1.29 is 9.47 Å². The molecule has 1 fully saturated rings. The van der Waals surface area contributed by atoms with Crippen molar-refractivity contribution in [2.45, 2.75) is 25.8 Å². The Labute approximate surface area is 115 Å². The van der Waals surface area contributed by atoms with Gasteiger partial charge in [-0.25, -0.2) is 0 Å². The number of para-hydroxylation sites is 1. The second kappa shape index (κ2) is 7.36. The highest BCUT2D eigenvalue weighted by atomic mass is 16.5. The fourth-order valence-corrected chi connectivity index (χ4v) is 2.52. The highest BCUT2D eigenvalue weighted by Gasteiger charge is 2.12. The van der Waals surface area contributed by atoms with E-state index < -0.39 is 0 Å². The van der Waals surface area contributed by atoms with Gasteiger partial charge in [0.05, 0.1) is 13.7 Å². The second-order valence-electron chi connectivity index (χ2n) is 4.90. The summed E-state index contributed by atoms with van der Waals surface area (Å²) in [6.07, 6.45) is 3.72. The van der Waals surface area contributed by atoms with E-state index in [1.165, 1.54) is 25.9 Å². The van der Waals surface area contributed by atoms with E-state index in [2.05, 4.69) is 4.90 Å². The molecule has 1 aliphatic rings. The van der Waals surface area contributed by atoms with E-state index >= 15 is 0 Å². The van der Waals surface area contributed by atoms with Crippen molar-refractivity contribution >= 4 is 0 Å². The smallest absolute Gasteiger partial charge is 0.165 e. The Kier molecular flexibility index (Phi) is 5.48. The zero-order chi connectivity index (χ0) is 13.5. The molecule has 0 atom stereocenters. The van der Waals surface area contributed by atoms with Gasteiger partial charge in [-0.05, 0) is 38.4 Å². The Balaban J connectivity index is 1.83. The number of likely N-dealkylation sites (tertiary alicyclic amines) is 1. The van der Waals surface area contributed by atoms with Crippen LogP contribution in [0.25, 0.3) is 0 Å². The molecule has 4 nitrogen and oxygen atoms in total. The SMILES string of the molecule is COc1cccc(CN)c1OCCCN1CCCC1. The number of nitrogens with two attached hydrogens (primary N) is 1. The van der Waals surface area contributed by atoms with Gasteiger partial charge in [0.2, 0.25) is 0 Å². The van der Waals surface area contributed by atoms with Gasteiger partial charge in [0.1, 0.15) is 0 Å². The molecule has 1 heterocycles. The molecule has 2 N–H and O–H groups in total. The van der Waals surface area contributed by atoms with E-state index in [0.29, 0.717) is 13.2 Å². The third kappa shape index (κ3) is 3.85. The van der Waals surface area contributed by atoms with E-state index in [0.717, 1.165) is 30.0 Å². The quantitative estimate of drug-likeness (QED) is 0.765. The van der Waals surface area contributed by atoms with Crippen molar-refractivity contribution in [3.63, 3.8) is 0 Å². The van der Waals surface area contributed by atoms with Crippen LogP contribution in [0.5, 0.6) is 11.5 Å². The lowest BCUT2D eigenvalue weighted by Gasteiger charge is -2.17. The summed E-state index contributed by atoms with van der Waals surface area (Å²) in [5.41, 5.74) is 6.73. The van der Waals surface area contributed by atoms with Crippen molar-refractivity contribution in [1.29, 1.82) is 0 Å². The first-order chi connectivity index (χ1) is 9.35. The molecule has 106 valence electrons. The van der Waals surface area contributed by atoms with Crippen LogP contribution in [0.2, 0.25) is 0 Å². The van der Waals surface area contributed by atoms with E-state index in [4.69, 9.17) is 15.2 Å². The maximum absolute atomic E-state index is 5.88. The zero-order valence-corrected chi connectivity index (χ0v) is 11.7. The Bertz CT molecular complexity index is 367. The predicted molar refractivity (Wildman–Crippen MR) is 76.7 cm³/mol. The van der Waals surface area contributed by atoms with Crippen LogP contribution >= 0.6 is 0 Å². The molecule has 1 saturated heterocycles. The van der Waals surface area contributed by atoms with E-state index in [-0.39, 0.29) is 0 Å². The average Bonchev–Trinajstić information content (AvgIpc) is 2.96. The Morgan fingerprint density at radius 1 is 1.26 bits per heavy atom. The summed E-state index contributed by atoms with van der Waals surface area (Å²) in [6.45, 7) is 4.78. The standard InChI is InChI=1S/C15H24N2O2/c1-18-14-7-4-6-13(12-16)15(14)19-11-5-10-17-8-2-3-9-17/h4,6-7H,2-3,5,8-12,16H2,1H3. The topological polar surface area (TPSA) is 47.7 Å². The lowest BCUT2D eigenvalue weighted by molar-refractivity contribution is 0.252. The Morgan fingerprint density at radius 3 is 2.74 bits per heavy atom. The molecular weight excluding hydrogens is 240 g/mol. The van der Waals surface area contributed by atoms with Gasteiger partial charge in [0.25, 0.3) is 0 Å². The molecule has 0 spiro atoms. The molecular formula is C15H24N2O2. The lowest BCUT2D eigenvalue weighted by atomic mass is 10.2. The molecule has 2 rings (SSSR count). The number of methoxy groups -OCH3 is 1. The highest BCUT2D eigenvalue weighted by molar-refractivity contribution is 5.46. The molecule has 1 aliphatic heterocycles. The minimum Gasteiger partial charge on any atom is -0.493 e. The zero-order valence-electron chi connectivity index (χ0n) is 11.7. The van der Waals surface area contributed by atoms with Crippen molar-refractivity contribution in [3.8, 4) is 11.5 Å². The fraction of sp³-hybridized carbons (Fsp3) is 0.600. The first-order valence-electron chi connectivity index (χ1n) is 7.06. The van der Waals surface area contributed by atoms with Gasteiger partial charge in [-0.2, -0.15) is 0 Å². The molecule has 0 aliphatic carbocycles. The summed E-state index contributed by atoms with van der Waals surface area (Å²) < 4.78 is 11.2. The third-order valence-corrected chi connectivity index (χ3v) is 3.56. The minimum atomic E-state index is 0.471. The monoisotopic (exact) mass is 264 g/mol.